The Morgan fingerprint density at radius 1 is 1.07 bits per heavy atom. The second-order valence-corrected chi connectivity index (χ2v) is 5.56. The highest BCUT2D eigenvalue weighted by atomic mass is 15.1. The summed E-state index contributed by atoms with van der Waals surface area (Å²) in [7, 11) is 2.27. The molecule has 0 atom stereocenters. The van der Waals surface area contributed by atoms with E-state index >= 15 is 0 Å². The lowest BCUT2D eigenvalue weighted by Crippen LogP contribution is -2.32. The highest BCUT2D eigenvalue weighted by Gasteiger charge is 2.20. The Labute approximate surface area is 94.4 Å². The number of nitrogens with one attached hydrogen (secondary N) is 1. The quantitative estimate of drug-likeness (QED) is 0.647. The molecule has 0 aliphatic heterocycles. The SMILES string of the molecule is CN(CCNCC1CC1)CC1CCCC1. The average molecular weight is 210 g/mol. The summed E-state index contributed by atoms with van der Waals surface area (Å²) < 4.78 is 0. The van der Waals surface area contributed by atoms with Crippen molar-refractivity contribution in [1.82, 2.24) is 10.2 Å². The van der Waals surface area contributed by atoms with Crippen LogP contribution in [0.1, 0.15) is 38.5 Å². The lowest BCUT2D eigenvalue weighted by atomic mass is 10.1. The van der Waals surface area contributed by atoms with Gasteiger partial charge in [0.25, 0.3) is 0 Å². The number of rotatable bonds is 7. The third-order valence-corrected chi connectivity index (χ3v) is 3.84. The molecule has 88 valence electrons. The van der Waals surface area contributed by atoms with Gasteiger partial charge in [0.15, 0.2) is 0 Å². The van der Waals surface area contributed by atoms with Crippen molar-refractivity contribution in [1.29, 1.82) is 0 Å². The summed E-state index contributed by atoms with van der Waals surface area (Å²) in [5.41, 5.74) is 0. The van der Waals surface area contributed by atoms with Crippen molar-refractivity contribution in [2.24, 2.45) is 11.8 Å². The second-order valence-electron chi connectivity index (χ2n) is 5.56. The maximum atomic E-state index is 3.56. The van der Waals surface area contributed by atoms with Crippen molar-refractivity contribution in [2.45, 2.75) is 38.5 Å². The van der Waals surface area contributed by atoms with E-state index < -0.39 is 0 Å². The number of nitrogens with zero attached hydrogens (tertiary/aromatic N) is 1. The van der Waals surface area contributed by atoms with Crippen molar-refractivity contribution in [3.8, 4) is 0 Å². The molecule has 0 saturated heterocycles. The molecule has 2 fully saturated rings. The predicted octanol–water partition coefficient (Wildman–Crippen LogP) is 2.11. The largest absolute Gasteiger partial charge is 0.315 e. The summed E-state index contributed by atoms with van der Waals surface area (Å²) in [5.74, 6) is 2.02. The minimum atomic E-state index is 0.999. The average Bonchev–Trinajstić information content (AvgIpc) is 2.91. The summed E-state index contributed by atoms with van der Waals surface area (Å²) in [4.78, 5) is 2.51. The molecular formula is C13H26N2. The highest BCUT2D eigenvalue weighted by Crippen LogP contribution is 2.27. The van der Waals surface area contributed by atoms with E-state index in [-0.39, 0.29) is 0 Å². The van der Waals surface area contributed by atoms with Crippen molar-refractivity contribution < 1.29 is 0 Å². The molecule has 0 heterocycles. The first kappa shape index (κ1) is 11.4. The van der Waals surface area contributed by atoms with Crippen molar-refractivity contribution in [3.05, 3.63) is 0 Å². The molecule has 2 saturated carbocycles. The molecule has 0 unspecified atom stereocenters. The Hall–Kier alpha value is -0.0800. The van der Waals surface area contributed by atoms with Gasteiger partial charge in [-0.05, 0) is 51.1 Å². The minimum absolute atomic E-state index is 0.999. The molecule has 0 amide bonds. The van der Waals surface area contributed by atoms with Gasteiger partial charge in [-0.15, -0.1) is 0 Å². The molecule has 2 nitrogen and oxygen atoms in total. The Bertz CT molecular complexity index is 171. The lowest BCUT2D eigenvalue weighted by Gasteiger charge is -2.20. The van der Waals surface area contributed by atoms with Gasteiger partial charge >= 0.3 is 0 Å². The molecule has 0 aromatic rings. The van der Waals surface area contributed by atoms with Crippen molar-refractivity contribution in [2.75, 3.05) is 33.2 Å². The van der Waals surface area contributed by atoms with Gasteiger partial charge < -0.3 is 10.2 Å². The molecule has 0 bridgehead atoms. The zero-order chi connectivity index (χ0) is 10.5. The molecule has 1 N–H and O–H groups in total. The monoisotopic (exact) mass is 210 g/mol. The molecule has 2 heteroatoms. The molecule has 2 rings (SSSR count). The fraction of sp³-hybridized carbons (Fsp3) is 1.00. The van der Waals surface area contributed by atoms with Gasteiger partial charge in [0.05, 0.1) is 0 Å². The first-order valence-corrected chi connectivity index (χ1v) is 6.74. The van der Waals surface area contributed by atoms with E-state index in [2.05, 4.69) is 17.3 Å². The Morgan fingerprint density at radius 2 is 1.80 bits per heavy atom. The third-order valence-electron chi connectivity index (χ3n) is 3.84. The number of likely N-dealkylation sites (N-methyl/N-ethyl adjacent to an activating group) is 1. The van der Waals surface area contributed by atoms with Gasteiger partial charge in [0.2, 0.25) is 0 Å². The van der Waals surface area contributed by atoms with Crippen LogP contribution in [0.15, 0.2) is 0 Å². The lowest BCUT2D eigenvalue weighted by molar-refractivity contribution is 0.277. The summed E-state index contributed by atoms with van der Waals surface area (Å²) >= 11 is 0. The molecular weight excluding hydrogens is 184 g/mol. The summed E-state index contributed by atoms with van der Waals surface area (Å²) in [6.45, 7) is 4.99. The molecule has 0 radical (unpaired) electrons. The van der Waals surface area contributed by atoms with Crippen LogP contribution in [-0.2, 0) is 0 Å². The summed E-state index contributed by atoms with van der Waals surface area (Å²) in [6.07, 6.45) is 8.81. The van der Waals surface area contributed by atoms with Gasteiger partial charge in [-0.3, -0.25) is 0 Å². The molecule has 2 aliphatic carbocycles. The van der Waals surface area contributed by atoms with Crippen LogP contribution in [0.25, 0.3) is 0 Å². The minimum Gasteiger partial charge on any atom is -0.315 e. The van der Waals surface area contributed by atoms with Crippen molar-refractivity contribution >= 4 is 0 Å². The van der Waals surface area contributed by atoms with E-state index in [0.717, 1.165) is 11.8 Å². The Balaban J connectivity index is 1.45. The first-order chi connectivity index (χ1) is 7.34. The third kappa shape index (κ3) is 4.52. The number of hydrogen-bond acceptors (Lipinski definition) is 2. The van der Waals surface area contributed by atoms with E-state index in [9.17, 15) is 0 Å². The highest BCUT2D eigenvalue weighted by molar-refractivity contribution is 4.75. The summed E-state index contributed by atoms with van der Waals surface area (Å²) in [5, 5.41) is 3.56. The van der Waals surface area contributed by atoms with E-state index in [1.807, 2.05) is 0 Å². The van der Waals surface area contributed by atoms with Gasteiger partial charge in [-0.1, -0.05) is 12.8 Å². The fourth-order valence-corrected chi connectivity index (χ4v) is 2.62. The molecule has 0 aromatic heterocycles. The van der Waals surface area contributed by atoms with Gasteiger partial charge in [-0.25, -0.2) is 0 Å². The zero-order valence-corrected chi connectivity index (χ0v) is 10.2. The van der Waals surface area contributed by atoms with Crippen LogP contribution < -0.4 is 5.32 Å². The van der Waals surface area contributed by atoms with Crippen molar-refractivity contribution in [3.63, 3.8) is 0 Å². The van der Waals surface area contributed by atoms with Gasteiger partial charge in [0, 0.05) is 19.6 Å². The van der Waals surface area contributed by atoms with E-state index in [1.54, 1.807) is 0 Å². The maximum absolute atomic E-state index is 3.56. The van der Waals surface area contributed by atoms with Gasteiger partial charge in [-0.2, -0.15) is 0 Å². The van der Waals surface area contributed by atoms with E-state index in [1.165, 1.54) is 64.7 Å². The molecule has 0 aromatic carbocycles. The van der Waals surface area contributed by atoms with Crippen LogP contribution in [0.3, 0.4) is 0 Å². The standard InChI is InChI=1S/C13H26N2/c1-15(11-13-4-2-3-5-13)9-8-14-10-12-6-7-12/h12-14H,2-11H2,1H3. The Morgan fingerprint density at radius 3 is 2.47 bits per heavy atom. The smallest absolute Gasteiger partial charge is 0.0104 e. The van der Waals surface area contributed by atoms with Crippen LogP contribution in [0, 0.1) is 11.8 Å². The van der Waals surface area contributed by atoms with E-state index in [0.29, 0.717) is 0 Å². The molecule has 0 spiro atoms. The normalized spacial score (nSPS) is 22.8. The number of hydrogen-bond donors (Lipinski definition) is 1. The van der Waals surface area contributed by atoms with Crippen LogP contribution in [-0.4, -0.2) is 38.1 Å². The zero-order valence-electron chi connectivity index (χ0n) is 10.2. The second kappa shape index (κ2) is 5.86. The topological polar surface area (TPSA) is 15.3 Å². The first-order valence-electron chi connectivity index (χ1n) is 6.74. The van der Waals surface area contributed by atoms with Crippen LogP contribution in [0.4, 0.5) is 0 Å². The van der Waals surface area contributed by atoms with Crippen LogP contribution >= 0.6 is 0 Å². The predicted molar refractivity (Wildman–Crippen MR) is 65.0 cm³/mol. The molecule has 15 heavy (non-hydrogen) atoms. The van der Waals surface area contributed by atoms with E-state index in [4.69, 9.17) is 0 Å². The molecule has 2 aliphatic rings. The fourth-order valence-electron chi connectivity index (χ4n) is 2.62. The van der Waals surface area contributed by atoms with Crippen LogP contribution in [0.2, 0.25) is 0 Å². The maximum Gasteiger partial charge on any atom is 0.0104 e. The van der Waals surface area contributed by atoms with Crippen LogP contribution in [0.5, 0.6) is 0 Å². The van der Waals surface area contributed by atoms with Gasteiger partial charge in [0.1, 0.15) is 0 Å². The summed E-state index contributed by atoms with van der Waals surface area (Å²) in [6, 6.07) is 0. The Kier molecular flexibility index (Phi) is 4.45.